The van der Waals surface area contributed by atoms with E-state index in [2.05, 4.69) is 15.2 Å². The van der Waals surface area contributed by atoms with Crippen LogP contribution in [0.5, 0.6) is 5.75 Å². The molecule has 0 radical (unpaired) electrons. The number of fused-ring (bicyclic) bond motifs is 3. The molecule has 2 bridgehead atoms. The van der Waals surface area contributed by atoms with Crippen LogP contribution in [0.1, 0.15) is 18.9 Å². The molecule has 1 aromatic carbocycles. The number of hydrogen-bond donors (Lipinski definition) is 0. The van der Waals surface area contributed by atoms with Crippen LogP contribution in [0.4, 0.5) is 4.39 Å². The van der Waals surface area contributed by atoms with Gasteiger partial charge < -0.3 is 9.64 Å². The molecule has 0 N–H and O–H groups in total. The average Bonchev–Trinajstić information content (AvgIpc) is 3.11. The molecular weight excluding hydrogens is 295 g/mol. The quantitative estimate of drug-likeness (QED) is 0.850. The maximum Gasteiger partial charge on any atom is 0.123 e. The largest absolute Gasteiger partial charge is 0.491 e. The van der Waals surface area contributed by atoms with Crippen molar-refractivity contribution >= 4 is 0 Å². The molecule has 23 heavy (non-hydrogen) atoms. The predicted octanol–water partition coefficient (Wildman–Crippen LogP) is 2.56. The number of halogens is 1. The number of hydrogen-bond acceptors (Lipinski definition) is 4. The number of ether oxygens (including phenoxy) is 1. The monoisotopic (exact) mass is 316 g/mol. The fourth-order valence-corrected chi connectivity index (χ4v) is 3.68. The summed E-state index contributed by atoms with van der Waals surface area (Å²) in [6, 6.07) is 8.03. The van der Waals surface area contributed by atoms with E-state index in [-0.39, 0.29) is 6.61 Å². The summed E-state index contributed by atoms with van der Waals surface area (Å²) in [5, 5.41) is 8.70. The normalized spacial score (nSPS) is 26.4. The standard InChI is InChI=1S/C17H21FN4O/c18-7-10-23-15-3-1-13(2-4-15)16-11-22(20-19-16)17-12-21-8-5-14(17)6-9-21/h1-4,11,14,17H,5-10,12H2/t17-/m0/s1. The van der Waals surface area contributed by atoms with Crippen LogP contribution in [0.2, 0.25) is 0 Å². The summed E-state index contributed by atoms with van der Waals surface area (Å²) in [6.45, 7) is 3.15. The first-order valence-electron chi connectivity index (χ1n) is 8.27. The first-order valence-corrected chi connectivity index (χ1v) is 8.27. The lowest BCUT2D eigenvalue weighted by molar-refractivity contribution is 0.0504. The minimum Gasteiger partial charge on any atom is -0.491 e. The molecule has 0 spiro atoms. The van der Waals surface area contributed by atoms with E-state index >= 15 is 0 Å². The molecule has 122 valence electrons. The van der Waals surface area contributed by atoms with Gasteiger partial charge in [0.15, 0.2) is 0 Å². The molecule has 1 aromatic heterocycles. The predicted molar refractivity (Wildman–Crippen MR) is 85.1 cm³/mol. The van der Waals surface area contributed by atoms with Crippen molar-refractivity contribution in [3.05, 3.63) is 30.5 Å². The zero-order chi connectivity index (χ0) is 15.6. The molecule has 0 amide bonds. The number of piperidine rings is 3. The Morgan fingerprint density at radius 3 is 2.61 bits per heavy atom. The summed E-state index contributed by atoms with van der Waals surface area (Å²) in [7, 11) is 0. The van der Waals surface area contributed by atoms with Crippen LogP contribution in [-0.4, -0.2) is 52.8 Å². The molecule has 3 aliphatic rings. The highest BCUT2D eigenvalue weighted by atomic mass is 19.1. The summed E-state index contributed by atoms with van der Waals surface area (Å²) in [5.41, 5.74) is 1.88. The molecule has 2 aromatic rings. The molecule has 3 fully saturated rings. The number of rotatable bonds is 5. The summed E-state index contributed by atoms with van der Waals surface area (Å²) in [4.78, 5) is 2.52. The Morgan fingerprint density at radius 2 is 1.96 bits per heavy atom. The molecule has 0 aliphatic carbocycles. The van der Waals surface area contributed by atoms with E-state index in [1.807, 2.05) is 35.1 Å². The fraction of sp³-hybridized carbons (Fsp3) is 0.529. The van der Waals surface area contributed by atoms with Crippen molar-refractivity contribution in [3.63, 3.8) is 0 Å². The van der Waals surface area contributed by atoms with Crippen LogP contribution in [0, 0.1) is 5.92 Å². The summed E-state index contributed by atoms with van der Waals surface area (Å²) in [6.07, 6.45) is 4.57. The van der Waals surface area contributed by atoms with Gasteiger partial charge in [0.2, 0.25) is 0 Å². The third-order valence-corrected chi connectivity index (χ3v) is 4.97. The van der Waals surface area contributed by atoms with Crippen molar-refractivity contribution in [1.82, 2.24) is 19.9 Å². The average molecular weight is 316 g/mol. The van der Waals surface area contributed by atoms with E-state index in [0.29, 0.717) is 11.8 Å². The van der Waals surface area contributed by atoms with Gasteiger partial charge in [-0.05, 0) is 56.1 Å². The summed E-state index contributed by atoms with van der Waals surface area (Å²) in [5.74, 6) is 1.40. The Balaban J connectivity index is 1.49. The lowest BCUT2D eigenvalue weighted by atomic mass is 9.84. The van der Waals surface area contributed by atoms with Gasteiger partial charge in [-0.25, -0.2) is 9.07 Å². The summed E-state index contributed by atoms with van der Waals surface area (Å²) < 4.78 is 19.4. The zero-order valence-electron chi connectivity index (χ0n) is 13.1. The van der Waals surface area contributed by atoms with Crippen molar-refractivity contribution in [2.24, 2.45) is 5.92 Å². The van der Waals surface area contributed by atoms with E-state index < -0.39 is 6.67 Å². The molecule has 3 aliphatic heterocycles. The van der Waals surface area contributed by atoms with Crippen molar-refractivity contribution in [1.29, 1.82) is 0 Å². The molecule has 5 rings (SSSR count). The van der Waals surface area contributed by atoms with E-state index in [0.717, 1.165) is 23.7 Å². The van der Waals surface area contributed by atoms with Gasteiger partial charge in [-0.2, -0.15) is 0 Å². The Kier molecular flexibility index (Phi) is 3.99. The first kappa shape index (κ1) is 14.6. The van der Waals surface area contributed by atoms with Crippen molar-refractivity contribution in [2.45, 2.75) is 18.9 Å². The number of alkyl halides is 1. The highest BCUT2D eigenvalue weighted by Gasteiger charge is 2.35. The highest BCUT2D eigenvalue weighted by Crippen LogP contribution is 2.35. The SMILES string of the molecule is FCCOc1ccc(-c2cn([C@H]3CN4CCC3CC4)nn2)cc1. The maximum atomic E-state index is 12.1. The van der Waals surface area contributed by atoms with E-state index in [4.69, 9.17) is 4.74 Å². The van der Waals surface area contributed by atoms with Gasteiger partial charge in [0.25, 0.3) is 0 Å². The first-order chi connectivity index (χ1) is 11.3. The highest BCUT2D eigenvalue weighted by molar-refractivity contribution is 5.58. The van der Waals surface area contributed by atoms with Gasteiger partial charge in [0.05, 0.1) is 12.2 Å². The minimum absolute atomic E-state index is 0.0924. The van der Waals surface area contributed by atoms with Crippen molar-refractivity contribution < 1.29 is 9.13 Å². The van der Waals surface area contributed by atoms with Crippen LogP contribution in [-0.2, 0) is 0 Å². The number of nitrogens with zero attached hydrogens (tertiary/aromatic N) is 4. The van der Waals surface area contributed by atoms with Crippen LogP contribution in [0.15, 0.2) is 30.5 Å². The Bertz CT molecular complexity index is 649. The molecule has 0 saturated carbocycles. The molecule has 5 nitrogen and oxygen atoms in total. The zero-order valence-corrected chi connectivity index (χ0v) is 13.1. The van der Waals surface area contributed by atoms with Gasteiger partial charge in [-0.15, -0.1) is 5.10 Å². The van der Waals surface area contributed by atoms with Crippen LogP contribution in [0.3, 0.4) is 0 Å². The maximum absolute atomic E-state index is 12.1. The lowest BCUT2D eigenvalue weighted by Gasteiger charge is -2.44. The van der Waals surface area contributed by atoms with E-state index in [9.17, 15) is 4.39 Å². The molecule has 1 atom stereocenters. The smallest absolute Gasteiger partial charge is 0.123 e. The number of benzene rings is 1. The second-order valence-electron chi connectivity index (χ2n) is 6.35. The van der Waals surface area contributed by atoms with Crippen molar-refractivity contribution in [2.75, 3.05) is 32.9 Å². The van der Waals surface area contributed by atoms with Gasteiger partial charge in [0, 0.05) is 12.1 Å². The third-order valence-electron chi connectivity index (χ3n) is 4.97. The second-order valence-corrected chi connectivity index (χ2v) is 6.35. The molecule has 0 unspecified atom stereocenters. The number of aromatic nitrogens is 3. The fourth-order valence-electron chi connectivity index (χ4n) is 3.68. The van der Waals surface area contributed by atoms with Gasteiger partial charge >= 0.3 is 0 Å². The topological polar surface area (TPSA) is 43.2 Å². The Labute approximate surface area is 135 Å². The van der Waals surface area contributed by atoms with Gasteiger partial charge in [-0.3, -0.25) is 0 Å². The van der Waals surface area contributed by atoms with Crippen LogP contribution >= 0.6 is 0 Å². The van der Waals surface area contributed by atoms with Crippen molar-refractivity contribution in [3.8, 4) is 17.0 Å². The molecular formula is C17H21FN4O. The Morgan fingerprint density at radius 1 is 1.17 bits per heavy atom. The van der Waals surface area contributed by atoms with Gasteiger partial charge in [-0.1, -0.05) is 5.21 Å². The molecule has 6 heteroatoms. The molecule has 4 heterocycles. The third kappa shape index (κ3) is 2.95. The van der Waals surface area contributed by atoms with E-state index in [1.54, 1.807) is 0 Å². The van der Waals surface area contributed by atoms with Gasteiger partial charge in [0.1, 0.15) is 24.7 Å². The van der Waals surface area contributed by atoms with E-state index in [1.165, 1.54) is 25.9 Å². The minimum atomic E-state index is -0.477. The summed E-state index contributed by atoms with van der Waals surface area (Å²) >= 11 is 0. The Hall–Kier alpha value is -1.95. The lowest BCUT2D eigenvalue weighted by Crippen LogP contribution is -2.48. The molecule has 3 saturated heterocycles. The second kappa shape index (κ2) is 6.28. The van der Waals surface area contributed by atoms with Crippen LogP contribution in [0.25, 0.3) is 11.3 Å². The van der Waals surface area contributed by atoms with Crippen LogP contribution < -0.4 is 4.74 Å².